The van der Waals surface area contributed by atoms with E-state index >= 15 is 0 Å². The van der Waals surface area contributed by atoms with E-state index in [0.29, 0.717) is 0 Å². The van der Waals surface area contributed by atoms with Crippen LogP contribution < -0.4 is 0 Å². The van der Waals surface area contributed by atoms with Crippen LogP contribution in [0.25, 0.3) is 10.4 Å². The van der Waals surface area contributed by atoms with Crippen molar-refractivity contribution in [1.29, 1.82) is 0 Å². The lowest BCUT2D eigenvalue weighted by molar-refractivity contribution is -0.122. The molecule has 0 aromatic heterocycles. The molecule has 0 heterocycles. The maximum absolute atomic E-state index is 10.5. The number of aliphatic hydroxyl groups is 3. The molecule has 0 bridgehead atoms. The summed E-state index contributed by atoms with van der Waals surface area (Å²) in [6.07, 6.45) is -3.28. The molecule has 0 unspecified atom stereocenters. The Morgan fingerprint density at radius 1 is 1.50 bits per heavy atom. The Hall–Kier alpha value is -1.14. The van der Waals surface area contributed by atoms with Gasteiger partial charge in [-0.25, -0.2) is 0 Å². The number of hydrogen-bond donors (Lipinski definition) is 3. The number of hydrogen-bond acceptors (Lipinski definition) is 4. The molecular formula is C5H9N3O4. The van der Waals surface area contributed by atoms with E-state index in [1.165, 1.54) is 0 Å². The lowest BCUT2D eigenvalue weighted by Gasteiger charge is -2.12. The third-order valence-electron chi connectivity index (χ3n) is 1.17. The highest BCUT2D eigenvalue weighted by Gasteiger charge is 2.17. The Bertz CT molecular complexity index is 201. The fraction of sp³-hybridized carbons (Fsp3) is 0.800. The maximum atomic E-state index is 10.5. The van der Waals surface area contributed by atoms with Crippen molar-refractivity contribution in [3.8, 4) is 0 Å². The Labute approximate surface area is 67.9 Å². The predicted molar refractivity (Wildman–Crippen MR) is 37.9 cm³/mol. The highest BCUT2D eigenvalue weighted by molar-refractivity contribution is 5.77. The van der Waals surface area contributed by atoms with E-state index in [0.717, 1.165) is 0 Å². The van der Waals surface area contributed by atoms with Gasteiger partial charge in [0, 0.05) is 11.3 Å². The van der Waals surface area contributed by atoms with Crippen LogP contribution in [-0.2, 0) is 4.79 Å². The van der Waals surface area contributed by atoms with Gasteiger partial charge in [0.2, 0.25) is 5.91 Å². The molecule has 0 radical (unpaired) electrons. The summed E-state index contributed by atoms with van der Waals surface area (Å²) in [5.74, 6) is -0.877. The first-order chi connectivity index (χ1) is 5.61. The number of carbonyl (C=O) groups is 1. The zero-order valence-electron chi connectivity index (χ0n) is 6.16. The first-order valence-electron chi connectivity index (χ1n) is 3.16. The summed E-state index contributed by atoms with van der Waals surface area (Å²) in [6, 6.07) is 0. The largest absolute Gasteiger partial charge is 0.394 e. The van der Waals surface area contributed by atoms with Crippen LogP contribution in [0.1, 0.15) is 6.42 Å². The molecule has 0 saturated heterocycles. The highest BCUT2D eigenvalue weighted by atomic mass is 16.4. The standard InChI is InChI=1S/C5H9N3O4/c6-8-7-5(12)1-3(10)4(11)2-9/h3-4,9-11H,1-2H2/t3-,4+/m0/s1. The van der Waals surface area contributed by atoms with E-state index in [1.807, 2.05) is 0 Å². The fourth-order valence-electron chi connectivity index (χ4n) is 0.527. The average molecular weight is 175 g/mol. The lowest BCUT2D eigenvalue weighted by atomic mass is 10.1. The number of amides is 1. The average Bonchev–Trinajstić information content (AvgIpc) is 2.03. The monoisotopic (exact) mass is 175 g/mol. The second-order valence-electron chi connectivity index (χ2n) is 2.10. The van der Waals surface area contributed by atoms with Crippen molar-refractivity contribution in [3.05, 3.63) is 10.4 Å². The van der Waals surface area contributed by atoms with Crippen molar-refractivity contribution in [2.24, 2.45) is 5.11 Å². The van der Waals surface area contributed by atoms with Gasteiger partial charge in [0.15, 0.2) is 0 Å². The number of carbonyl (C=O) groups excluding carboxylic acids is 1. The van der Waals surface area contributed by atoms with E-state index in [1.54, 1.807) is 0 Å². The van der Waals surface area contributed by atoms with Crippen LogP contribution in [0.2, 0.25) is 0 Å². The number of azide groups is 1. The summed E-state index contributed by atoms with van der Waals surface area (Å²) >= 11 is 0. The fourth-order valence-corrected chi connectivity index (χ4v) is 0.527. The molecule has 0 aromatic rings. The van der Waals surface area contributed by atoms with Crippen LogP contribution >= 0.6 is 0 Å². The molecule has 68 valence electrons. The van der Waals surface area contributed by atoms with E-state index in [4.69, 9.17) is 20.9 Å². The van der Waals surface area contributed by atoms with Gasteiger partial charge in [-0.2, -0.15) is 0 Å². The molecule has 12 heavy (non-hydrogen) atoms. The summed E-state index contributed by atoms with van der Waals surface area (Å²) in [5.41, 5.74) is 7.79. The molecule has 0 aliphatic heterocycles. The van der Waals surface area contributed by atoms with Gasteiger partial charge in [-0.15, -0.1) is 0 Å². The smallest absolute Gasteiger partial charge is 0.221 e. The van der Waals surface area contributed by atoms with Crippen LogP contribution in [0.4, 0.5) is 0 Å². The third kappa shape index (κ3) is 3.89. The minimum atomic E-state index is -1.40. The van der Waals surface area contributed by atoms with Crippen molar-refractivity contribution in [2.45, 2.75) is 18.6 Å². The number of rotatable bonds is 4. The molecule has 7 heteroatoms. The van der Waals surface area contributed by atoms with Gasteiger partial charge in [-0.3, -0.25) is 4.79 Å². The van der Waals surface area contributed by atoms with E-state index in [-0.39, 0.29) is 0 Å². The molecule has 0 rings (SSSR count). The zero-order chi connectivity index (χ0) is 9.56. The minimum Gasteiger partial charge on any atom is -0.394 e. The van der Waals surface area contributed by atoms with Crippen molar-refractivity contribution in [3.63, 3.8) is 0 Å². The van der Waals surface area contributed by atoms with E-state index in [2.05, 4.69) is 10.0 Å². The van der Waals surface area contributed by atoms with Crippen molar-refractivity contribution < 1.29 is 20.1 Å². The van der Waals surface area contributed by atoms with Crippen LogP contribution in [0, 0.1) is 0 Å². The molecule has 0 aliphatic rings. The lowest BCUT2D eigenvalue weighted by Crippen LogP contribution is -2.30. The zero-order valence-corrected chi connectivity index (χ0v) is 6.16. The molecule has 0 saturated carbocycles. The quantitative estimate of drug-likeness (QED) is 0.285. The number of aliphatic hydroxyl groups excluding tert-OH is 3. The van der Waals surface area contributed by atoms with Gasteiger partial charge < -0.3 is 15.3 Å². The van der Waals surface area contributed by atoms with Gasteiger partial charge in [0.1, 0.15) is 6.10 Å². The summed E-state index contributed by atoms with van der Waals surface area (Å²) in [7, 11) is 0. The topological polar surface area (TPSA) is 127 Å². The molecule has 0 fully saturated rings. The van der Waals surface area contributed by atoms with E-state index in [9.17, 15) is 4.79 Å². The number of nitrogens with zero attached hydrogens (tertiary/aromatic N) is 3. The molecule has 3 N–H and O–H groups in total. The summed E-state index contributed by atoms with van der Waals surface area (Å²) < 4.78 is 0. The Kier molecular flexibility index (Phi) is 4.98. The Morgan fingerprint density at radius 3 is 2.50 bits per heavy atom. The molecule has 7 nitrogen and oxygen atoms in total. The SMILES string of the molecule is [N-]=[N+]=NC(=O)C[C@H](O)[C@H](O)CO. The van der Waals surface area contributed by atoms with Gasteiger partial charge in [0.25, 0.3) is 0 Å². The predicted octanol–water partition coefficient (Wildman–Crippen LogP) is -1.07. The van der Waals surface area contributed by atoms with Crippen molar-refractivity contribution in [2.75, 3.05) is 6.61 Å². The Balaban J connectivity index is 3.91. The molecule has 0 aromatic carbocycles. The third-order valence-corrected chi connectivity index (χ3v) is 1.17. The van der Waals surface area contributed by atoms with E-state index < -0.39 is 31.1 Å². The van der Waals surface area contributed by atoms with Crippen LogP contribution in [0.5, 0.6) is 0 Å². The summed E-state index contributed by atoms with van der Waals surface area (Å²) in [4.78, 5) is 12.7. The van der Waals surface area contributed by atoms with Crippen molar-refractivity contribution in [1.82, 2.24) is 0 Å². The Morgan fingerprint density at radius 2 is 2.08 bits per heavy atom. The van der Waals surface area contributed by atoms with Gasteiger partial charge in [-0.05, 0) is 10.6 Å². The molecular weight excluding hydrogens is 166 g/mol. The second kappa shape index (κ2) is 5.50. The maximum Gasteiger partial charge on any atom is 0.221 e. The van der Waals surface area contributed by atoms with Gasteiger partial charge in [0.05, 0.1) is 12.7 Å². The molecule has 0 spiro atoms. The molecule has 1 amide bonds. The van der Waals surface area contributed by atoms with Crippen LogP contribution in [-0.4, -0.2) is 40.0 Å². The first-order valence-corrected chi connectivity index (χ1v) is 3.16. The van der Waals surface area contributed by atoms with Crippen molar-refractivity contribution >= 4 is 5.91 Å². The minimum absolute atomic E-state index is 0.494. The van der Waals surface area contributed by atoms with Crippen LogP contribution in [0.15, 0.2) is 5.11 Å². The van der Waals surface area contributed by atoms with Gasteiger partial charge in [-0.1, -0.05) is 0 Å². The molecule has 2 atom stereocenters. The first kappa shape index (κ1) is 10.9. The van der Waals surface area contributed by atoms with Gasteiger partial charge >= 0.3 is 0 Å². The second-order valence-corrected chi connectivity index (χ2v) is 2.10. The normalized spacial score (nSPS) is 14.6. The van der Waals surface area contributed by atoms with Crippen LogP contribution in [0.3, 0.4) is 0 Å². The summed E-state index contributed by atoms with van der Waals surface area (Å²) in [6.45, 7) is -0.648. The highest BCUT2D eigenvalue weighted by Crippen LogP contribution is 1.99. The summed E-state index contributed by atoms with van der Waals surface area (Å²) in [5, 5.41) is 28.7. The molecule has 0 aliphatic carbocycles.